The summed E-state index contributed by atoms with van der Waals surface area (Å²) in [6, 6.07) is 11.1. The number of nitrogens with zero attached hydrogens (tertiary/aromatic N) is 3. The van der Waals surface area contributed by atoms with E-state index in [1.807, 2.05) is 37.5 Å². The van der Waals surface area contributed by atoms with Crippen LogP contribution in [0, 0.1) is 0 Å². The Morgan fingerprint density at radius 3 is 2.74 bits per heavy atom. The van der Waals surface area contributed by atoms with Crippen molar-refractivity contribution in [3.05, 3.63) is 70.6 Å². The van der Waals surface area contributed by atoms with Gasteiger partial charge < -0.3 is 5.32 Å². The second-order valence-electron chi connectivity index (χ2n) is 5.10. The highest BCUT2D eigenvalue weighted by atomic mass is 79.9. The number of aromatic nitrogens is 3. The van der Waals surface area contributed by atoms with Crippen molar-refractivity contribution in [3.63, 3.8) is 0 Å². The lowest BCUT2D eigenvalue weighted by atomic mass is 10.1. The maximum atomic E-state index is 12.2. The summed E-state index contributed by atoms with van der Waals surface area (Å²) in [6.07, 6.45) is 5.41. The Balaban J connectivity index is 1.76. The third-order valence-corrected chi connectivity index (χ3v) is 3.94. The molecular formula is C17H15BrN4O. The molecule has 1 amide bonds. The molecule has 116 valence electrons. The maximum absolute atomic E-state index is 12.2. The molecule has 0 fully saturated rings. The molecule has 0 aliphatic carbocycles. The summed E-state index contributed by atoms with van der Waals surface area (Å²) in [7, 11) is 1.86. The van der Waals surface area contributed by atoms with Crippen molar-refractivity contribution in [1.29, 1.82) is 0 Å². The summed E-state index contributed by atoms with van der Waals surface area (Å²) in [4.78, 5) is 16.6. The number of hydrogen-bond donors (Lipinski definition) is 1. The van der Waals surface area contributed by atoms with Crippen molar-refractivity contribution < 1.29 is 4.79 Å². The molecule has 3 rings (SSSR count). The van der Waals surface area contributed by atoms with Crippen LogP contribution < -0.4 is 5.32 Å². The van der Waals surface area contributed by atoms with Crippen LogP contribution in [0.1, 0.15) is 15.9 Å². The van der Waals surface area contributed by atoms with E-state index in [0.29, 0.717) is 12.1 Å². The van der Waals surface area contributed by atoms with Crippen molar-refractivity contribution in [3.8, 4) is 11.3 Å². The Hall–Kier alpha value is -2.47. The van der Waals surface area contributed by atoms with Gasteiger partial charge in [0.1, 0.15) is 0 Å². The zero-order chi connectivity index (χ0) is 16.2. The van der Waals surface area contributed by atoms with Gasteiger partial charge in [-0.05, 0) is 35.9 Å². The second-order valence-corrected chi connectivity index (χ2v) is 6.02. The van der Waals surface area contributed by atoms with Crippen LogP contribution in [0.3, 0.4) is 0 Å². The molecule has 0 saturated heterocycles. The molecule has 3 aromatic rings. The molecule has 23 heavy (non-hydrogen) atoms. The minimum absolute atomic E-state index is 0.113. The number of amides is 1. The number of aryl methyl sites for hydroxylation is 1. The Morgan fingerprint density at radius 2 is 2.04 bits per heavy atom. The first-order valence-corrected chi connectivity index (χ1v) is 7.89. The number of pyridine rings is 1. The van der Waals surface area contributed by atoms with Crippen molar-refractivity contribution in [2.45, 2.75) is 6.54 Å². The van der Waals surface area contributed by atoms with Gasteiger partial charge in [-0.3, -0.25) is 14.5 Å². The van der Waals surface area contributed by atoms with Gasteiger partial charge in [0.2, 0.25) is 0 Å². The van der Waals surface area contributed by atoms with Gasteiger partial charge in [-0.1, -0.05) is 22.0 Å². The van der Waals surface area contributed by atoms with Crippen LogP contribution in [0.15, 0.2) is 59.5 Å². The van der Waals surface area contributed by atoms with Crippen LogP contribution in [0.4, 0.5) is 0 Å². The topological polar surface area (TPSA) is 59.8 Å². The van der Waals surface area contributed by atoms with Gasteiger partial charge >= 0.3 is 0 Å². The molecule has 0 radical (unpaired) electrons. The van der Waals surface area contributed by atoms with E-state index in [9.17, 15) is 4.79 Å². The van der Waals surface area contributed by atoms with Crippen LogP contribution in [-0.4, -0.2) is 20.7 Å². The quantitative estimate of drug-likeness (QED) is 0.767. The number of carbonyl (C=O) groups is 1. The summed E-state index contributed by atoms with van der Waals surface area (Å²) in [5.74, 6) is -0.113. The van der Waals surface area contributed by atoms with E-state index in [4.69, 9.17) is 0 Å². The van der Waals surface area contributed by atoms with Crippen LogP contribution in [0.2, 0.25) is 0 Å². The summed E-state index contributed by atoms with van der Waals surface area (Å²) in [5, 5.41) is 7.10. The van der Waals surface area contributed by atoms with Crippen LogP contribution in [0.25, 0.3) is 11.3 Å². The molecule has 2 aromatic heterocycles. The van der Waals surface area contributed by atoms with Gasteiger partial charge in [0, 0.05) is 41.6 Å². The normalized spacial score (nSPS) is 10.5. The van der Waals surface area contributed by atoms with Gasteiger partial charge in [-0.25, -0.2) is 0 Å². The van der Waals surface area contributed by atoms with E-state index in [1.165, 1.54) is 0 Å². The van der Waals surface area contributed by atoms with E-state index in [2.05, 4.69) is 31.3 Å². The zero-order valence-corrected chi connectivity index (χ0v) is 14.1. The Kier molecular flexibility index (Phi) is 4.52. The van der Waals surface area contributed by atoms with Crippen molar-refractivity contribution >= 4 is 21.8 Å². The van der Waals surface area contributed by atoms with Gasteiger partial charge in [0.15, 0.2) is 0 Å². The van der Waals surface area contributed by atoms with E-state index < -0.39 is 0 Å². The minimum Gasteiger partial charge on any atom is -0.348 e. The molecule has 5 nitrogen and oxygen atoms in total. The zero-order valence-electron chi connectivity index (χ0n) is 12.5. The number of nitrogens with one attached hydrogen (secondary N) is 1. The third-order valence-electron chi connectivity index (χ3n) is 3.42. The summed E-state index contributed by atoms with van der Waals surface area (Å²) < 4.78 is 2.67. The van der Waals surface area contributed by atoms with Crippen molar-refractivity contribution in [2.24, 2.45) is 7.05 Å². The lowest BCUT2D eigenvalue weighted by Gasteiger charge is -2.09. The monoisotopic (exact) mass is 370 g/mol. The SMILES string of the molecule is Cn1cc(-c2ncccc2CNC(=O)c2ccc(Br)cc2)cn1. The first-order valence-electron chi connectivity index (χ1n) is 7.10. The molecule has 0 spiro atoms. The number of benzene rings is 1. The lowest BCUT2D eigenvalue weighted by molar-refractivity contribution is 0.0951. The molecule has 0 atom stereocenters. The van der Waals surface area contributed by atoms with Gasteiger partial charge in [-0.2, -0.15) is 5.10 Å². The Morgan fingerprint density at radius 1 is 1.26 bits per heavy atom. The van der Waals surface area contributed by atoms with E-state index in [-0.39, 0.29) is 5.91 Å². The smallest absolute Gasteiger partial charge is 0.251 e. The average molecular weight is 371 g/mol. The average Bonchev–Trinajstić information content (AvgIpc) is 3.00. The minimum atomic E-state index is -0.113. The predicted octanol–water partition coefficient (Wildman–Crippen LogP) is 3.17. The van der Waals surface area contributed by atoms with Crippen LogP contribution in [-0.2, 0) is 13.6 Å². The van der Waals surface area contributed by atoms with E-state index in [0.717, 1.165) is 21.3 Å². The Labute approximate surface area is 142 Å². The number of carbonyl (C=O) groups excluding carboxylic acids is 1. The van der Waals surface area contributed by atoms with Gasteiger partial charge in [0.25, 0.3) is 5.91 Å². The molecule has 0 saturated carbocycles. The molecule has 1 aromatic carbocycles. The highest BCUT2D eigenvalue weighted by Crippen LogP contribution is 2.20. The molecular weight excluding hydrogens is 356 g/mol. The first-order chi connectivity index (χ1) is 11.1. The highest BCUT2D eigenvalue weighted by molar-refractivity contribution is 9.10. The largest absolute Gasteiger partial charge is 0.348 e. The standard InChI is InChI=1S/C17H15BrN4O/c1-22-11-14(10-21-22)16-13(3-2-8-19-16)9-20-17(23)12-4-6-15(18)7-5-12/h2-8,10-11H,9H2,1H3,(H,20,23). The number of halogens is 1. The predicted molar refractivity (Wildman–Crippen MR) is 91.8 cm³/mol. The lowest BCUT2D eigenvalue weighted by Crippen LogP contribution is -2.23. The summed E-state index contributed by atoms with van der Waals surface area (Å²) >= 11 is 3.36. The highest BCUT2D eigenvalue weighted by Gasteiger charge is 2.10. The fourth-order valence-corrected chi connectivity index (χ4v) is 2.53. The molecule has 0 aliphatic rings. The first kappa shape index (κ1) is 15.4. The van der Waals surface area contributed by atoms with E-state index in [1.54, 1.807) is 29.2 Å². The van der Waals surface area contributed by atoms with Crippen molar-refractivity contribution in [2.75, 3.05) is 0 Å². The van der Waals surface area contributed by atoms with Gasteiger partial charge in [-0.15, -0.1) is 0 Å². The third kappa shape index (κ3) is 3.65. The van der Waals surface area contributed by atoms with E-state index >= 15 is 0 Å². The molecule has 0 bridgehead atoms. The van der Waals surface area contributed by atoms with Crippen LogP contribution in [0.5, 0.6) is 0 Å². The Bertz CT molecular complexity index is 827. The van der Waals surface area contributed by atoms with Crippen molar-refractivity contribution in [1.82, 2.24) is 20.1 Å². The number of hydrogen-bond acceptors (Lipinski definition) is 3. The molecule has 2 heterocycles. The van der Waals surface area contributed by atoms with Gasteiger partial charge in [0.05, 0.1) is 11.9 Å². The molecule has 1 N–H and O–H groups in total. The molecule has 0 unspecified atom stereocenters. The molecule has 6 heteroatoms. The number of rotatable bonds is 4. The molecule has 0 aliphatic heterocycles. The van der Waals surface area contributed by atoms with Crippen LogP contribution >= 0.6 is 15.9 Å². The fourth-order valence-electron chi connectivity index (χ4n) is 2.26. The second kappa shape index (κ2) is 6.75. The fraction of sp³-hybridized carbons (Fsp3) is 0.118. The maximum Gasteiger partial charge on any atom is 0.251 e. The summed E-state index contributed by atoms with van der Waals surface area (Å²) in [5.41, 5.74) is 3.34. The summed E-state index contributed by atoms with van der Waals surface area (Å²) in [6.45, 7) is 0.410.